The van der Waals surface area contributed by atoms with E-state index in [1.807, 2.05) is 30.3 Å². The Hall–Kier alpha value is 0.266. The smallest absolute Gasteiger partial charge is 0.399 e. The van der Waals surface area contributed by atoms with Crippen LogP contribution in [0.25, 0.3) is 0 Å². The molecular formula is C7H10BrMgN. The van der Waals surface area contributed by atoms with Crippen molar-refractivity contribution >= 4 is 36.8 Å². The van der Waals surface area contributed by atoms with E-state index in [9.17, 15) is 0 Å². The number of para-hydroxylation sites is 1. The second-order valence-corrected chi connectivity index (χ2v) is 5.58. The van der Waals surface area contributed by atoms with E-state index in [0.717, 1.165) is 5.69 Å². The van der Waals surface area contributed by atoms with E-state index in [1.54, 1.807) is 0 Å². The maximum atomic E-state index is 5.36. The fourth-order valence-corrected chi connectivity index (χ4v) is 0.453. The lowest BCUT2D eigenvalue weighted by molar-refractivity contribution is 1.69. The van der Waals surface area contributed by atoms with Gasteiger partial charge in [0.1, 0.15) is 0 Å². The highest BCUT2D eigenvalue weighted by Crippen LogP contribution is 1.95. The van der Waals surface area contributed by atoms with Crippen molar-refractivity contribution in [3.8, 4) is 0 Å². The Morgan fingerprint density at radius 3 is 1.90 bits per heavy atom. The van der Waals surface area contributed by atoms with Crippen LogP contribution in [0.4, 0.5) is 5.69 Å². The Kier molecular flexibility index (Phi) is 7.57. The van der Waals surface area contributed by atoms with Gasteiger partial charge in [0.2, 0.25) is 0 Å². The normalized spacial score (nSPS) is 7.00. The van der Waals surface area contributed by atoms with Crippen molar-refractivity contribution in [1.82, 2.24) is 0 Å². The van der Waals surface area contributed by atoms with Crippen molar-refractivity contribution in [3.63, 3.8) is 0 Å². The average molecular weight is 212 g/mol. The van der Waals surface area contributed by atoms with Crippen LogP contribution >= 0.6 is 12.9 Å². The molecule has 10 heavy (non-hydrogen) atoms. The topological polar surface area (TPSA) is 26.0 Å². The predicted molar refractivity (Wildman–Crippen MR) is 51.4 cm³/mol. The second-order valence-electron chi connectivity index (χ2n) is 1.68. The van der Waals surface area contributed by atoms with Crippen molar-refractivity contribution in [2.24, 2.45) is 0 Å². The number of benzene rings is 1. The van der Waals surface area contributed by atoms with E-state index in [0.29, 0.717) is 0 Å². The van der Waals surface area contributed by atoms with Crippen LogP contribution in [0.3, 0.4) is 0 Å². The first-order valence-corrected chi connectivity index (χ1v) is 8.49. The third-order valence-electron chi connectivity index (χ3n) is 0.800. The molecule has 1 rings (SSSR count). The number of nitrogens with two attached hydrogens (primary N) is 1. The molecular weight excluding hydrogens is 202 g/mol. The lowest BCUT2D eigenvalue weighted by Crippen LogP contribution is -1.79. The van der Waals surface area contributed by atoms with E-state index in [-0.39, 0.29) is 18.2 Å². The Morgan fingerprint density at radius 2 is 1.70 bits per heavy atom. The zero-order chi connectivity index (χ0) is 7.82. The van der Waals surface area contributed by atoms with Crippen molar-refractivity contribution in [3.05, 3.63) is 30.3 Å². The zero-order valence-electron chi connectivity index (χ0n) is 6.05. The van der Waals surface area contributed by atoms with Gasteiger partial charge in [-0.05, 0) is 12.1 Å². The lowest BCUT2D eigenvalue weighted by Gasteiger charge is -1.83. The number of halogens is 1. The molecule has 2 N–H and O–H groups in total. The summed E-state index contributed by atoms with van der Waals surface area (Å²) in [5.41, 5.74) is 6.18. The summed E-state index contributed by atoms with van der Waals surface area (Å²) in [5.74, 6) is 0. The summed E-state index contributed by atoms with van der Waals surface area (Å²) in [5, 5.41) is 2.18. The van der Waals surface area contributed by atoms with Gasteiger partial charge in [0.05, 0.1) is 0 Å². The zero-order valence-corrected chi connectivity index (χ0v) is 9.05. The minimum atomic E-state index is 0.229. The molecule has 3 heteroatoms. The molecule has 0 aliphatic carbocycles. The molecule has 1 nitrogen and oxygen atoms in total. The third-order valence-corrected chi connectivity index (χ3v) is 0.800. The SMILES string of the molecule is Nc1ccccc1.[CH3][Mg][Br]. The minimum Gasteiger partial charge on any atom is -0.399 e. The van der Waals surface area contributed by atoms with Gasteiger partial charge in [-0.3, -0.25) is 0 Å². The van der Waals surface area contributed by atoms with Gasteiger partial charge < -0.3 is 18.6 Å². The molecule has 0 atom stereocenters. The molecule has 0 aliphatic rings. The second kappa shape index (κ2) is 7.37. The van der Waals surface area contributed by atoms with Crippen LogP contribution in [0.15, 0.2) is 30.3 Å². The third kappa shape index (κ3) is 6.39. The number of anilines is 1. The molecule has 1 aromatic carbocycles. The van der Waals surface area contributed by atoms with E-state index in [4.69, 9.17) is 5.73 Å². The first-order chi connectivity index (χ1) is 4.81. The molecule has 0 spiro atoms. The van der Waals surface area contributed by atoms with Crippen LogP contribution in [-0.2, 0) is 0 Å². The summed E-state index contributed by atoms with van der Waals surface area (Å²) in [7, 11) is 0. The molecule has 52 valence electrons. The summed E-state index contributed by atoms with van der Waals surface area (Å²) in [4.78, 5) is 0. The summed E-state index contributed by atoms with van der Waals surface area (Å²) >= 11 is 3.51. The fraction of sp³-hybridized carbons (Fsp3) is 0.143. The molecule has 0 saturated heterocycles. The molecule has 0 radical (unpaired) electrons. The first-order valence-electron chi connectivity index (χ1n) is 3.17. The minimum absolute atomic E-state index is 0.229. The van der Waals surface area contributed by atoms with Crippen LogP contribution in [0, 0.1) is 0 Å². The summed E-state index contributed by atoms with van der Waals surface area (Å²) in [6.07, 6.45) is 0. The Labute approximate surface area is 77.6 Å². The highest BCUT2D eigenvalue weighted by atomic mass is 79.9. The lowest BCUT2D eigenvalue weighted by atomic mass is 10.3. The van der Waals surface area contributed by atoms with Gasteiger partial charge in [-0.25, -0.2) is 0 Å². The fourth-order valence-electron chi connectivity index (χ4n) is 0.453. The largest absolute Gasteiger partial charge is 0.465 e. The molecule has 0 bridgehead atoms. The van der Waals surface area contributed by atoms with Crippen LogP contribution in [0.2, 0.25) is 5.05 Å². The maximum Gasteiger partial charge on any atom is 0.465 e. The van der Waals surface area contributed by atoms with Crippen molar-refractivity contribution < 1.29 is 0 Å². The van der Waals surface area contributed by atoms with Gasteiger partial charge in [0.15, 0.2) is 0 Å². The number of hydrogen-bond acceptors (Lipinski definition) is 1. The summed E-state index contributed by atoms with van der Waals surface area (Å²) < 4.78 is 0. The molecule has 0 saturated carbocycles. The number of hydrogen-bond donors (Lipinski definition) is 1. The van der Waals surface area contributed by atoms with E-state index in [2.05, 4.69) is 17.9 Å². The molecule has 0 amide bonds. The standard InChI is InChI=1S/C6H7N.CH3.BrH.Mg/c7-6-4-2-1-3-5-6;;;/h1-5H,7H2;1H3;1H;/q;;;+1/p-1. The Balaban J connectivity index is 0.000000236. The predicted octanol–water partition coefficient (Wildman–Crippen LogP) is 2.32. The van der Waals surface area contributed by atoms with Gasteiger partial charge in [0, 0.05) is 5.69 Å². The van der Waals surface area contributed by atoms with Crippen molar-refractivity contribution in [2.75, 3.05) is 5.73 Å². The molecule has 0 fully saturated rings. The Bertz CT molecular complexity index is 155. The molecule has 0 aromatic heterocycles. The van der Waals surface area contributed by atoms with Crippen LogP contribution in [-0.4, -0.2) is 18.2 Å². The van der Waals surface area contributed by atoms with E-state index < -0.39 is 0 Å². The van der Waals surface area contributed by atoms with Crippen LogP contribution in [0.5, 0.6) is 0 Å². The van der Waals surface area contributed by atoms with Gasteiger partial charge in [-0.2, -0.15) is 0 Å². The quantitative estimate of drug-likeness (QED) is 0.518. The first kappa shape index (κ1) is 10.3. The Morgan fingerprint density at radius 1 is 1.30 bits per heavy atom. The van der Waals surface area contributed by atoms with Crippen LogP contribution < -0.4 is 5.73 Å². The van der Waals surface area contributed by atoms with E-state index in [1.165, 1.54) is 0 Å². The maximum absolute atomic E-state index is 5.36. The highest BCUT2D eigenvalue weighted by Gasteiger charge is 1.72. The molecule has 1 aromatic rings. The average Bonchev–Trinajstić information content (AvgIpc) is 1.91. The van der Waals surface area contributed by atoms with Gasteiger partial charge in [-0.15, -0.1) is 5.05 Å². The van der Waals surface area contributed by atoms with Crippen LogP contribution in [0.1, 0.15) is 0 Å². The van der Waals surface area contributed by atoms with Gasteiger partial charge in [0.25, 0.3) is 0 Å². The summed E-state index contributed by atoms with van der Waals surface area (Å²) in [6, 6.07) is 9.49. The van der Waals surface area contributed by atoms with Gasteiger partial charge >= 0.3 is 18.2 Å². The monoisotopic (exact) mass is 211 g/mol. The molecule has 0 aliphatic heterocycles. The highest BCUT2D eigenvalue weighted by molar-refractivity contribution is 9.23. The molecule has 0 unspecified atom stereocenters. The van der Waals surface area contributed by atoms with E-state index >= 15 is 0 Å². The molecule has 0 heterocycles. The number of nitrogen functional groups attached to an aromatic ring is 1. The van der Waals surface area contributed by atoms with Crippen molar-refractivity contribution in [1.29, 1.82) is 0 Å². The van der Waals surface area contributed by atoms with Gasteiger partial charge in [-0.1, -0.05) is 18.2 Å². The summed E-state index contributed by atoms with van der Waals surface area (Å²) in [6.45, 7) is 0. The number of rotatable bonds is 0. The van der Waals surface area contributed by atoms with Crippen molar-refractivity contribution in [2.45, 2.75) is 5.05 Å².